The molecule has 1 heterocycles. The van der Waals surface area contributed by atoms with E-state index in [0.717, 1.165) is 18.8 Å². The van der Waals surface area contributed by atoms with Gasteiger partial charge in [0.15, 0.2) is 0 Å². The SMILES string of the molecule is CC(CCOC(=O)C1CC2C=CC1C2)C1CCC2(C)OC2C1. The molecule has 3 aliphatic carbocycles. The van der Waals surface area contributed by atoms with Gasteiger partial charge in [-0.05, 0) is 69.1 Å². The predicted molar refractivity (Wildman–Crippen MR) is 84.2 cm³/mol. The van der Waals surface area contributed by atoms with Crippen LogP contribution in [0.25, 0.3) is 0 Å². The zero-order valence-corrected chi connectivity index (χ0v) is 13.8. The molecule has 0 aromatic carbocycles. The number of carbonyl (C=O) groups is 1. The van der Waals surface area contributed by atoms with Gasteiger partial charge in [-0.15, -0.1) is 0 Å². The lowest BCUT2D eigenvalue weighted by atomic mass is 9.76. The lowest BCUT2D eigenvalue weighted by molar-refractivity contribution is -0.149. The topological polar surface area (TPSA) is 38.8 Å². The van der Waals surface area contributed by atoms with Crippen molar-refractivity contribution in [2.24, 2.45) is 29.6 Å². The number of fused-ring (bicyclic) bond motifs is 3. The van der Waals surface area contributed by atoms with E-state index in [2.05, 4.69) is 26.0 Å². The molecule has 4 rings (SSSR count). The van der Waals surface area contributed by atoms with Crippen molar-refractivity contribution in [3.8, 4) is 0 Å². The average Bonchev–Trinajstić information content (AvgIpc) is 2.86. The minimum Gasteiger partial charge on any atom is -0.465 e. The second-order valence-corrected chi connectivity index (χ2v) is 8.27. The fourth-order valence-corrected chi connectivity index (χ4v) is 4.93. The fraction of sp³-hybridized carbons (Fsp3) is 0.842. The molecule has 1 aliphatic heterocycles. The van der Waals surface area contributed by atoms with Crippen molar-refractivity contribution in [1.29, 1.82) is 0 Å². The van der Waals surface area contributed by atoms with E-state index in [9.17, 15) is 4.79 Å². The summed E-state index contributed by atoms with van der Waals surface area (Å²) in [5, 5.41) is 0. The lowest BCUT2D eigenvalue weighted by Gasteiger charge is -2.28. The molecule has 0 amide bonds. The van der Waals surface area contributed by atoms with Crippen LogP contribution >= 0.6 is 0 Å². The first-order chi connectivity index (χ1) is 10.5. The maximum absolute atomic E-state index is 12.2. The van der Waals surface area contributed by atoms with Crippen molar-refractivity contribution in [3.63, 3.8) is 0 Å². The average molecular weight is 304 g/mol. The molecule has 3 nitrogen and oxygen atoms in total. The van der Waals surface area contributed by atoms with Gasteiger partial charge in [0.1, 0.15) is 0 Å². The van der Waals surface area contributed by atoms with Crippen LogP contribution in [0.1, 0.15) is 52.4 Å². The van der Waals surface area contributed by atoms with Crippen LogP contribution < -0.4 is 0 Å². The summed E-state index contributed by atoms with van der Waals surface area (Å²) < 4.78 is 11.4. The Morgan fingerprint density at radius 2 is 2.23 bits per heavy atom. The summed E-state index contributed by atoms with van der Waals surface area (Å²) in [4.78, 5) is 12.2. The molecular formula is C19H28O3. The highest BCUT2D eigenvalue weighted by Crippen LogP contribution is 2.51. The number of esters is 1. The Kier molecular flexibility index (Phi) is 3.60. The molecule has 3 heteroatoms. The van der Waals surface area contributed by atoms with Gasteiger partial charge in [-0.3, -0.25) is 4.79 Å². The van der Waals surface area contributed by atoms with E-state index in [0.29, 0.717) is 30.5 Å². The third-order valence-corrected chi connectivity index (χ3v) is 6.77. The van der Waals surface area contributed by atoms with Gasteiger partial charge in [0.05, 0.1) is 24.2 Å². The van der Waals surface area contributed by atoms with Gasteiger partial charge in [0, 0.05) is 0 Å². The smallest absolute Gasteiger partial charge is 0.309 e. The number of allylic oxidation sites excluding steroid dienone is 2. The van der Waals surface area contributed by atoms with Crippen molar-refractivity contribution in [2.45, 2.75) is 64.1 Å². The molecule has 7 unspecified atom stereocenters. The number of hydrogen-bond donors (Lipinski definition) is 0. The molecule has 0 N–H and O–H groups in total. The standard InChI is InChI=1S/C19H28O3/c1-12(14-5-7-19(2)17(11-14)22-19)6-8-21-18(20)16-10-13-3-4-15(16)9-13/h3-4,12-17H,5-11H2,1-2H3. The van der Waals surface area contributed by atoms with Gasteiger partial charge in [0.25, 0.3) is 0 Å². The van der Waals surface area contributed by atoms with Crippen LogP contribution in [0.3, 0.4) is 0 Å². The highest BCUT2D eigenvalue weighted by atomic mass is 16.6. The van der Waals surface area contributed by atoms with E-state index >= 15 is 0 Å². The molecule has 0 aromatic rings. The van der Waals surface area contributed by atoms with Crippen LogP contribution in [-0.2, 0) is 14.3 Å². The maximum Gasteiger partial charge on any atom is 0.309 e. The molecule has 122 valence electrons. The molecule has 3 fully saturated rings. The number of hydrogen-bond acceptors (Lipinski definition) is 3. The van der Waals surface area contributed by atoms with Crippen LogP contribution in [0.5, 0.6) is 0 Å². The molecule has 2 bridgehead atoms. The molecular weight excluding hydrogens is 276 g/mol. The summed E-state index contributed by atoms with van der Waals surface area (Å²) in [6.45, 7) is 5.14. The highest BCUT2D eigenvalue weighted by molar-refractivity contribution is 5.74. The largest absolute Gasteiger partial charge is 0.465 e. The summed E-state index contributed by atoms with van der Waals surface area (Å²) in [5.74, 6) is 2.65. The lowest BCUT2D eigenvalue weighted by Crippen LogP contribution is -2.27. The van der Waals surface area contributed by atoms with Crippen molar-refractivity contribution in [2.75, 3.05) is 6.61 Å². The van der Waals surface area contributed by atoms with Gasteiger partial charge in [0.2, 0.25) is 0 Å². The first-order valence-electron chi connectivity index (χ1n) is 9.08. The first-order valence-corrected chi connectivity index (χ1v) is 9.08. The van der Waals surface area contributed by atoms with E-state index in [1.54, 1.807) is 0 Å². The summed E-state index contributed by atoms with van der Waals surface area (Å²) in [6, 6.07) is 0. The van der Waals surface area contributed by atoms with Crippen LogP contribution in [0.15, 0.2) is 12.2 Å². The van der Waals surface area contributed by atoms with Crippen molar-refractivity contribution < 1.29 is 14.3 Å². The van der Waals surface area contributed by atoms with Gasteiger partial charge in [-0.25, -0.2) is 0 Å². The fourth-order valence-electron chi connectivity index (χ4n) is 4.93. The number of ether oxygens (including phenoxy) is 2. The molecule has 2 saturated carbocycles. The summed E-state index contributed by atoms with van der Waals surface area (Å²) >= 11 is 0. The van der Waals surface area contributed by atoms with E-state index in [1.165, 1.54) is 25.7 Å². The Hall–Kier alpha value is -0.830. The van der Waals surface area contributed by atoms with Gasteiger partial charge >= 0.3 is 5.97 Å². The second-order valence-electron chi connectivity index (χ2n) is 8.27. The number of carbonyl (C=O) groups excluding carboxylic acids is 1. The molecule has 7 atom stereocenters. The predicted octanol–water partition coefficient (Wildman–Crippen LogP) is 3.73. The van der Waals surface area contributed by atoms with E-state index in [4.69, 9.17) is 9.47 Å². The molecule has 4 aliphatic rings. The van der Waals surface area contributed by atoms with E-state index in [-0.39, 0.29) is 17.5 Å². The van der Waals surface area contributed by atoms with Gasteiger partial charge in [-0.1, -0.05) is 19.1 Å². The van der Waals surface area contributed by atoms with Crippen LogP contribution in [0, 0.1) is 29.6 Å². The van der Waals surface area contributed by atoms with Crippen LogP contribution in [0.4, 0.5) is 0 Å². The minimum atomic E-state index is 0.0470. The van der Waals surface area contributed by atoms with Crippen LogP contribution in [0.2, 0.25) is 0 Å². The maximum atomic E-state index is 12.2. The van der Waals surface area contributed by atoms with E-state index < -0.39 is 0 Å². The molecule has 1 saturated heterocycles. The van der Waals surface area contributed by atoms with Crippen molar-refractivity contribution >= 4 is 5.97 Å². The summed E-state index contributed by atoms with van der Waals surface area (Å²) in [7, 11) is 0. The number of rotatable bonds is 5. The van der Waals surface area contributed by atoms with E-state index in [1.807, 2.05) is 0 Å². The second kappa shape index (κ2) is 5.36. The third kappa shape index (κ3) is 2.62. The monoisotopic (exact) mass is 304 g/mol. The summed E-state index contributed by atoms with van der Waals surface area (Å²) in [5.41, 5.74) is 0.206. The van der Waals surface area contributed by atoms with Crippen molar-refractivity contribution in [1.82, 2.24) is 0 Å². The highest BCUT2D eigenvalue weighted by Gasteiger charge is 2.55. The van der Waals surface area contributed by atoms with Gasteiger partial charge < -0.3 is 9.47 Å². The Morgan fingerprint density at radius 3 is 2.91 bits per heavy atom. The normalized spacial score (nSPS) is 46.4. The minimum absolute atomic E-state index is 0.0470. The molecule has 22 heavy (non-hydrogen) atoms. The van der Waals surface area contributed by atoms with Crippen molar-refractivity contribution in [3.05, 3.63) is 12.2 Å². The quantitative estimate of drug-likeness (QED) is 0.441. The zero-order valence-electron chi connectivity index (χ0n) is 13.8. The first kappa shape index (κ1) is 14.7. The zero-order chi connectivity index (χ0) is 15.3. The Morgan fingerprint density at radius 1 is 1.36 bits per heavy atom. The summed E-state index contributed by atoms with van der Waals surface area (Å²) in [6.07, 6.45) is 11.8. The molecule has 0 radical (unpaired) electrons. The Balaban J connectivity index is 1.19. The van der Waals surface area contributed by atoms with Crippen LogP contribution in [-0.4, -0.2) is 24.3 Å². The Bertz CT molecular complexity index is 485. The molecule has 0 aromatic heterocycles. The Labute approximate surface area is 133 Å². The third-order valence-electron chi connectivity index (χ3n) is 6.77. The number of epoxide rings is 1. The van der Waals surface area contributed by atoms with Gasteiger partial charge in [-0.2, -0.15) is 0 Å². The molecule has 0 spiro atoms.